The molecule has 0 amide bonds. The first kappa shape index (κ1) is 24.8. The van der Waals surface area contributed by atoms with Crippen LogP contribution < -0.4 is 0 Å². The van der Waals surface area contributed by atoms with Crippen LogP contribution in [-0.4, -0.2) is 22.8 Å². The van der Waals surface area contributed by atoms with Gasteiger partial charge in [0.1, 0.15) is 6.10 Å². The minimum absolute atomic E-state index is 0.165. The van der Waals surface area contributed by atoms with Crippen molar-refractivity contribution < 1.29 is 14.6 Å². The number of hydrogen-bond acceptors (Lipinski definition) is 3. The quantitative estimate of drug-likeness (QED) is 0.359. The Morgan fingerprint density at radius 3 is 2.48 bits per heavy atom. The van der Waals surface area contributed by atoms with E-state index in [0.717, 1.165) is 19.3 Å². The van der Waals surface area contributed by atoms with E-state index in [1.807, 2.05) is 0 Å². The zero-order valence-electron chi connectivity index (χ0n) is 22.0. The van der Waals surface area contributed by atoms with Crippen molar-refractivity contribution in [2.24, 2.45) is 40.4 Å². The predicted octanol–water partition coefficient (Wildman–Crippen LogP) is 7.02. The summed E-state index contributed by atoms with van der Waals surface area (Å²) < 4.78 is 5.52. The van der Waals surface area contributed by atoms with Crippen molar-refractivity contribution in [3.05, 3.63) is 35.5 Å². The van der Waals surface area contributed by atoms with Crippen molar-refractivity contribution in [3.63, 3.8) is 0 Å². The second-order valence-corrected chi connectivity index (χ2v) is 12.6. The number of aliphatic hydroxyl groups is 1. The molecule has 0 bridgehead atoms. The van der Waals surface area contributed by atoms with E-state index in [2.05, 4.69) is 65.8 Å². The molecule has 8 atom stereocenters. The molecule has 2 saturated carbocycles. The first-order chi connectivity index (χ1) is 15.4. The summed E-state index contributed by atoms with van der Waals surface area (Å²) >= 11 is 0. The van der Waals surface area contributed by atoms with Crippen LogP contribution in [0.15, 0.2) is 35.5 Å². The molecule has 3 nitrogen and oxygen atoms in total. The standard InChI is InChI=1S/C30H46O3/c1-19(2)20(3)8-9-21(4)25-10-11-26-24-13-17-30(32)18-23(33-22(5)31)12-16-29(30,7)27(24)14-15-28(25,26)6/h8-9,13-14,19-21,23,25-26,32H,10-12,15-18H2,1-7H3/b9-8+/t20-,21-,23-,25-,26-,28+,29-,30+/m1/s1. The van der Waals surface area contributed by atoms with Crippen molar-refractivity contribution in [2.45, 2.75) is 105 Å². The third-order valence-electron chi connectivity index (χ3n) is 10.4. The molecule has 0 spiro atoms. The van der Waals surface area contributed by atoms with Crippen LogP contribution in [-0.2, 0) is 9.53 Å². The lowest BCUT2D eigenvalue weighted by Gasteiger charge is -2.57. The van der Waals surface area contributed by atoms with Gasteiger partial charge in [-0.3, -0.25) is 4.79 Å². The summed E-state index contributed by atoms with van der Waals surface area (Å²) in [6.45, 7) is 15.6. The second-order valence-electron chi connectivity index (χ2n) is 12.6. The van der Waals surface area contributed by atoms with Gasteiger partial charge in [0.25, 0.3) is 0 Å². The number of hydrogen-bond donors (Lipinski definition) is 1. The number of rotatable bonds is 5. The summed E-state index contributed by atoms with van der Waals surface area (Å²) in [5.74, 6) is 2.94. The molecule has 4 aliphatic carbocycles. The number of ether oxygens (including phenoxy) is 1. The summed E-state index contributed by atoms with van der Waals surface area (Å²) in [6, 6.07) is 0. The van der Waals surface area contributed by atoms with Crippen molar-refractivity contribution in [1.29, 1.82) is 0 Å². The minimum Gasteiger partial charge on any atom is -0.462 e. The van der Waals surface area contributed by atoms with E-state index in [0.29, 0.717) is 47.8 Å². The zero-order valence-corrected chi connectivity index (χ0v) is 22.0. The Morgan fingerprint density at radius 2 is 1.82 bits per heavy atom. The first-order valence-corrected chi connectivity index (χ1v) is 13.4. The van der Waals surface area contributed by atoms with Gasteiger partial charge in [0.05, 0.1) is 5.60 Å². The van der Waals surface area contributed by atoms with E-state index in [4.69, 9.17) is 4.74 Å². The fourth-order valence-corrected chi connectivity index (χ4v) is 7.76. The highest BCUT2D eigenvalue weighted by Crippen LogP contribution is 2.65. The van der Waals surface area contributed by atoms with Crippen LogP contribution in [0.3, 0.4) is 0 Å². The molecule has 4 rings (SSSR count). The highest BCUT2D eigenvalue weighted by molar-refractivity contribution is 5.66. The molecule has 0 radical (unpaired) electrons. The van der Waals surface area contributed by atoms with Crippen LogP contribution >= 0.6 is 0 Å². The van der Waals surface area contributed by atoms with Gasteiger partial charge < -0.3 is 9.84 Å². The zero-order chi connectivity index (χ0) is 24.2. The van der Waals surface area contributed by atoms with Crippen LogP contribution in [0.25, 0.3) is 0 Å². The van der Waals surface area contributed by atoms with Gasteiger partial charge >= 0.3 is 5.97 Å². The third kappa shape index (κ3) is 4.07. The van der Waals surface area contributed by atoms with Crippen LogP contribution in [0.5, 0.6) is 0 Å². The molecule has 33 heavy (non-hydrogen) atoms. The molecule has 0 aromatic carbocycles. The van der Waals surface area contributed by atoms with Crippen molar-refractivity contribution in [3.8, 4) is 0 Å². The lowest BCUT2D eigenvalue weighted by molar-refractivity contribution is -0.163. The summed E-state index contributed by atoms with van der Waals surface area (Å²) in [6.07, 6.45) is 16.2. The number of carbonyl (C=O) groups is 1. The highest BCUT2D eigenvalue weighted by Gasteiger charge is 2.60. The van der Waals surface area contributed by atoms with Gasteiger partial charge in [0.2, 0.25) is 0 Å². The van der Waals surface area contributed by atoms with Gasteiger partial charge in [-0.2, -0.15) is 0 Å². The summed E-state index contributed by atoms with van der Waals surface area (Å²) in [4.78, 5) is 11.5. The van der Waals surface area contributed by atoms with E-state index in [1.165, 1.54) is 30.9 Å². The first-order valence-electron chi connectivity index (χ1n) is 13.4. The van der Waals surface area contributed by atoms with E-state index < -0.39 is 5.60 Å². The molecule has 184 valence electrons. The number of allylic oxidation sites excluding steroid dienone is 4. The molecule has 3 heteroatoms. The summed E-state index contributed by atoms with van der Waals surface area (Å²) in [5.41, 5.74) is 2.15. The molecule has 1 N–H and O–H groups in total. The topological polar surface area (TPSA) is 46.5 Å². The monoisotopic (exact) mass is 454 g/mol. The molecule has 0 aromatic rings. The molecule has 0 aromatic heterocycles. The Balaban J connectivity index is 1.58. The van der Waals surface area contributed by atoms with Crippen molar-refractivity contribution in [1.82, 2.24) is 0 Å². The molecule has 0 aliphatic heterocycles. The Morgan fingerprint density at radius 1 is 1.09 bits per heavy atom. The van der Waals surface area contributed by atoms with Gasteiger partial charge in [-0.05, 0) is 84.7 Å². The van der Waals surface area contributed by atoms with Gasteiger partial charge in [-0.25, -0.2) is 0 Å². The maximum absolute atomic E-state index is 11.8. The average Bonchev–Trinajstić information content (AvgIpc) is 3.09. The molecular formula is C30H46O3. The predicted molar refractivity (Wildman–Crippen MR) is 134 cm³/mol. The summed E-state index contributed by atoms with van der Waals surface area (Å²) in [5, 5.41) is 11.8. The maximum atomic E-state index is 11.8. The Labute approximate surface area is 201 Å². The third-order valence-corrected chi connectivity index (χ3v) is 10.4. The molecule has 0 saturated heterocycles. The largest absolute Gasteiger partial charge is 0.462 e. The van der Waals surface area contributed by atoms with E-state index in [-0.39, 0.29) is 17.5 Å². The van der Waals surface area contributed by atoms with E-state index in [9.17, 15) is 9.90 Å². The van der Waals surface area contributed by atoms with Gasteiger partial charge in [0, 0.05) is 18.8 Å². The Hall–Kier alpha value is -1.35. The summed E-state index contributed by atoms with van der Waals surface area (Å²) in [7, 11) is 0. The minimum atomic E-state index is -0.824. The normalized spacial score (nSPS) is 42.2. The van der Waals surface area contributed by atoms with E-state index >= 15 is 0 Å². The Bertz CT molecular complexity index is 866. The van der Waals surface area contributed by atoms with Crippen molar-refractivity contribution >= 4 is 5.97 Å². The van der Waals surface area contributed by atoms with Crippen LogP contribution in [0.1, 0.15) is 93.4 Å². The molecule has 2 fully saturated rings. The second kappa shape index (κ2) is 8.70. The van der Waals surface area contributed by atoms with Gasteiger partial charge in [-0.1, -0.05) is 65.8 Å². The van der Waals surface area contributed by atoms with Gasteiger partial charge in [-0.15, -0.1) is 0 Å². The SMILES string of the molecule is CC(=O)O[C@@H]1CC[C@]2(C)C3=CC[C@]4(C)[C@H](CC[C@@H]4[C@H](C)/C=C/[C@@H](C)C(C)C)C3=CC[C@]2(O)C1. The fourth-order valence-electron chi connectivity index (χ4n) is 7.76. The van der Waals surface area contributed by atoms with Gasteiger partial charge in [0.15, 0.2) is 0 Å². The number of carbonyl (C=O) groups excluding carboxylic acids is 1. The van der Waals surface area contributed by atoms with Crippen LogP contribution in [0, 0.1) is 40.4 Å². The van der Waals surface area contributed by atoms with E-state index in [1.54, 1.807) is 0 Å². The number of esters is 1. The maximum Gasteiger partial charge on any atom is 0.302 e. The molecular weight excluding hydrogens is 408 g/mol. The average molecular weight is 455 g/mol. The smallest absolute Gasteiger partial charge is 0.302 e. The fraction of sp³-hybridized carbons (Fsp3) is 0.767. The molecule has 0 heterocycles. The Kier molecular flexibility index (Phi) is 6.53. The molecule has 4 aliphatic rings. The highest BCUT2D eigenvalue weighted by atomic mass is 16.5. The lowest BCUT2D eigenvalue weighted by atomic mass is 9.50. The molecule has 0 unspecified atom stereocenters. The van der Waals surface area contributed by atoms with Crippen LogP contribution in [0.4, 0.5) is 0 Å². The van der Waals surface area contributed by atoms with Crippen LogP contribution in [0.2, 0.25) is 0 Å². The van der Waals surface area contributed by atoms with Crippen molar-refractivity contribution in [2.75, 3.05) is 0 Å². The lowest BCUT2D eigenvalue weighted by Crippen LogP contribution is -2.56. The number of fused-ring (bicyclic) bond motifs is 5.